The van der Waals surface area contributed by atoms with Crippen molar-refractivity contribution in [3.63, 3.8) is 0 Å². The van der Waals surface area contributed by atoms with Crippen LogP contribution in [-0.2, 0) is 9.53 Å². The van der Waals surface area contributed by atoms with Gasteiger partial charge in [0.15, 0.2) is 6.10 Å². The molecule has 0 bridgehead atoms. The summed E-state index contributed by atoms with van der Waals surface area (Å²) >= 11 is 5.93. The maximum Gasteiger partial charge on any atom is 0.260 e. The normalized spacial score (nSPS) is 20.1. The van der Waals surface area contributed by atoms with Crippen molar-refractivity contribution in [2.24, 2.45) is 0 Å². The molecular formula is C18H26ClNO3. The molecule has 0 aliphatic carbocycles. The first-order valence-corrected chi connectivity index (χ1v) is 8.68. The van der Waals surface area contributed by atoms with Crippen LogP contribution in [0, 0.1) is 6.92 Å². The van der Waals surface area contributed by atoms with Crippen LogP contribution < -0.4 is 10.1 Å². The Bertz CT molecular complexity index is 529. The van der Waals surface area contributed by atoms with Crippen molar-refractivity contribution in [1.29, 1.82) is 0 Å². The second-order valence-electron chi connectivity index (χ2n) is 6.29. The van der Waals surface area contributed by atoms with E-state index in [0.717, 1.165) is 37.9 Å². The zero-order valence-corrected chi connectivity index (χ0v) is 14.9. The van der Waals surface area contributed by atoms with Crippen LogP contribution in [0.25, 0.3) is 0 Å². The van der Waals surface area contributed by atoms with Crippen LogP contribution >= 0.6 is 11.6 Å². The lowest BCUT2D eigenvalue weighted by Crippen LogP contribution is -2.41. The zero-order valence-electron chi connectivity index (χ0n) is 14.1. The van der Waals surface area contributed by atoms with Crippen molar-refractivity contribution in [3.8, 4) is 5.75 Å². The van der Waals surface area contributed by atoms with E-state index in [1.165, 1.54) is 0 Å². The molecule has 1 N–H and O–H groups in total. The standard InChI is InChI=1S/C18H26ClNO3/c1-12-11-15(19)7-9-17(12)23-14(3)18(21)20-13(2)6-8-16-5-4-10-22-16/h7,9,11,13-14,16H,4-6,8,10H2,1-3H3,(H,20,21)/t13-,14-,16-/m1/s1. The molecule has 0 radical (unpaired) electrons. The second-order valence-corrected chi connectivity index (χ2v) is 6.73. The van der Waals surface area contributed by atoms with Gasteiger partial charge < -0.3 is 14.8 Å². The molecule has 5 heteroatoms. The number of ether oxygens (including phenoxy) is 2. The van der Waals surface area contributed by atoms with E-state index in [1.807, 2.05) is 19.9 Å². The number of rotatable bonds is 7. The van der Waals surface area contributed by atoms with E-state index in [1.54, 1.807) is 19.1 Å². The molecule has 1 heterocycles. The van der Waals surface area contributed by atoms with Gasteiger partial charge in [-0.25, -0.2) is 0 Å². The van der Waals surface area contributed by atoms with Crippen LogP contribution in [-0.4, -0.2) is 30.8 Å². The molecule has 2 rings (SSSR count). The Morgan fingerprint density at radius 3 is 2.91 bits per heavy atom. The molecule has 23 heavy (non-hydrogen) atoms. The fourth-order valence-corrected chi connectivity index (χ4v) is 2.96. The predicted molar refractivity (Wildman–Crippen MR) is 92.1 cm³/mol. The minimum atomic E-state index is -0.542. The van der Waals surface area contributed by atoms with Crippen LogP contribution in [0.2, 0.25) is 5.02 Å². The van der Waals surface area contributed by atoms with Gasteiger partial charge in [-0.15, -0.1) is 0 Å². The highest BCUT2D eigenvalue weighted by molar-refractivity contribution is 6.30. The minimum Gasteiger partial charge on any atom is -0.481 e. The Labute approximate surface area is 143 Å². The quantitative estimate of drug-likeness (QED) is 0.820. The summed E-state index contributed by atoms with van der Waals surface area (Å²) in [5.74, 6) is 0.586. The van der Waals surface area contributed by atoms with Crippen molar-refractivity contribution in [2.75, 3.05) is 6.61 Å². The number of hydrogen-bond donors (Lipinski definition) is 1. The van der Waals surface area contributed by atoms with Gasteiger partial charge in [0.25, 0.3) is 5.91 Å². The number of benzene rings is 1. The lowest BCUT2D eigenvalue weighted by Gasteiger charge is -2.20. The third-order valence-electron chi connectivity index (χ3n) is 4.14. The highest BCUT2D eigenvalue weighted by atomic mass is 35.5. The smallest absolute Gasteiger partial charge is 0.260 e. The number of carbonyl (C=O) groups excluding carboxylic acids is 1. The molecule has 0 unspecified atom stereocenters. The van der Waals surface area contributed by atoms with Crippen molar-refractivity contribution in [2.45, 2.75) is 64.7 Å². The number of carbonyl (C=O) groups is 1. The number of amides is 1. The molecule has 1 aromatic rings. The molecule has 128 valence electrons. The molecule has 1 saturated heterocycles. The van der Waals surface area contributed by atoms with Crippen LogP contribution in [0.5, 0.6) is 5.75 Å². The third kappa shape index (κ3) is 5.70. The summed E-state index contributed by atoms with van der Waals surface area (Å²) in [5, 5.41) is 3.67. The Morgan fingerprint density at radius 1 is 1.48 bits per heavy atom. The van der Waals surface area contributed by atoms with E-state index in [9.17, 15) is 4.79 Å². The van der Waals surface area contributed by atoms with Crippen molar-refractivity contribution >= 4 is 17.5 Å². The fourth-order valence-electron chi connectivity index (χ4n) is 2.73. The molecule has 4 nitrogen and oxygen atoms in total. The van der Waals surface area contributed by atoms with Crippen molar-refractivity contribution in [1.82, 2.24) is 5.32 Å². The van der Waals surface area contributed by atoms with E-state index in [-0.39, 0.29) is 11.9 Å². The molecule has 1 amide bonds. The van der Waals surface area contributed by atoms with Gasteiger partial charge in [0, 0.05) is 17.7 Å². The zero-order chi connectivity index (χ0) is 16.8. The monoisotopic (exact) mass is 339 g/mol. The molecule has 0 saturated carbocycles. The number of aryl methyl sites for hydroxylation is 1. The van der Waals surface area contributed by atoms with Gasteiger partial charge in [0.2, 0.25) is 0 Å². The lowest BCUT2D eigenvalue weighted by molar-refractivity contribution is -0.128. The molecule has 0 spiro atoms. The predicted octanol–water partition coefficient (Wildman–Crippen LogP) is 3.88. The summed E-state index contributed by atoms with van der Waals surface area (Å²) in [7, 11) is 0. The molecule has 1 fully saturated rings. The summed E-state index contributed by atoms with van der Waals surface area (Å²) in [6.07, 6.45) is 4.02. The van der Waals surface area contributed by atoms with Gasteiger partial charge in [0.05, 0.1) is 6.10 Å². The summed E-state index contributed by atoms with van der Waals surface area (Å²) in [6, 6.07) is 5.50. The maximum absolute atomic E-state index is 12.2. The summed E-state index contributed by atoms with van der Waals surface area (Å²) in [6.45, 7) is 6.57. The largest absolute Gasteiger partial charge is 0.481 e. The number of nitrogens with one attached hydrogen (secondary N) is 1. The van der Waals surface area contributed by atoms with E-state index >= 15 is 0 Å². The van der Waals surface area contributed by atoms with Crippen LogP contribution in [0.15, 0.2) is 18.2 Å². The van der Waals surface area contributed by atoms with E-state index in [2.05, 4.69) is 5.32 Å². The first kappa shape index (κ1) is 18.1. The van der Waals surface area contributed by atoms with Crippen LogP contribution in [0.4, 0.5) is 0 Å². The third-order valence-corrected chi connectivity index (χ3v) is 4.38. The SMILES string of the molecule is Cc1cc(Cl)ccc1O[C@H](C)C(=O)N[C@H](C)CC[C@H]1CCCO1. The summed E-state index contributed by atoms with van der Waals surface area (Å²) in [4.78, 5) is 12.2. The highest BCUT2D eigenvalue weighted by Crippen LogP contribution is 2.23. The molecule has 3 atom stereocenters. The second kappa shape index (κ2) is 8.55. The first-order chi connectivity index (χ1) is 11.0. The molecule has 1 aliphatic heterocycles. The number of hydrogen-bond acceptors (Lipinski definition) is 3. The molecular weight excluding hydrogens is 314 g/mol. The van der Waals surface area contributed by atoms with E-state index in [4.69, 9.17) is 21.1 Å². The average Bonchev–Trinajstić information content (AvgIpc) is 3.01. The Balaban J connectivity index is 1.77. The number of halogens is 1. The van der Waals surface area contributed by atoms with Gasteiger partial charge in [-0.05, 0) is 70.2 Å². The van der Waals surface area contributed by atoms with Gasteiger partial charge in [-0.2, -0.15) is 0 Å². The maximum atomic E-state index is 12.2. The van der Waals surface area contributed by atoms with Gasteiger partial charge in [0.1, 0.15) is 5.75 Å². The van der Waals surface area contributed by atoms with E-state index in [0.29, 0.717) is 16.9 Å². The van der Waals surface area contributed by atoms with Crippen molar-refractivity contribution < 1.29 is 14.3 Å². The molecule has 1 aliphatic rings. The molecule has 1 aromatic carbocycles. The van der Waals surface area contributed by atoms with Gasteiger partial charge >= 0.3 is 0 Å². The highest BCUT2D eigenvalue weighted by Gasteiger charge is 2.20. The Hall–Kier alpha value is -1.26. The Kier molecular flexibility index (Phi) is 6.72. The topological polar surface area (TPSA) is 47.6 Å². The average molecular weight is 340 g/mol. The summed E-state index contributed by atoms with van der Waals surface area (Å²) in [5.41, 5.74) is 0.920. The van der Waals surface area contributed by atoms with Crippen LogP contribution in [0.3, 0.4) is 0 Å². The van der Waals surface area contributed by atoms with E-state index < -0.39 is 6.10 Å². The molecule has 0 aromatic heterocycles. The first-order valence-electron chi connectivity index (χ1n) is 8.30. The lowest BCUT2D eigenvalue weighted by atomic mass is 10.1. The fraction of sp³-hybridized carbons (Fsp3) is 0.611. The summed E-state index contributed by atoms with van der Waals surface area (Å²) < 4.78 is 11.4. The van der Waals surface area contributed by atoms with Crippen molar-refractivity contribution in [3.05, 3.63) is 28.8 Å². The Morgan fingerprint density at radius 2 is 2.26 bits per heavy atom. The van der Waals surface area contributed by atoms with Gasteiger partial charge in [-0.3, -0.25) is 4.79 Å². The van der Waals surface area contributed by atoms with Gasteiger partial charge in [-0.1, -0.05) is 11.6 Å². The van der Waals surface area contributed by atoms with Crippen LogP contribution in [0.1, 0.15) is 45.1 Å². The minimum absolute atomic E-state index is 0.0980.